The molecular formula is C15H21FO3. The minimum absolute atomic E-state index is 0.306. The molecule has 0 saturated carbocycles. The van der Waals surface area contributed by atoms with E-state index < -0.39 is 11.9 Å². The number of hydrogen-bond acceptors (Lipinski definition) is 2. The van der Waals surface area contributed by atoms with Gasteiger partial charge in [-0.1, -0.05) is 31.9 Å². The van der Waals surface area contributed by atoms with Gasteiger partial charge in [-0.3, -0.25) is 4.79 Å². The highest BCUT2D eigenvalue weighted by Crippen LogP contribution is 2.27. The number of aliphatic carboxylic acids is 1. The first kappa shape index (κ1) is 15.6. The van der Waals surface area contributed by atoms with Crippen LogP contribution in [0.15, 0.2) is 24.3 Å². The molecule has 0 spiro atoms. The van der Waals surface area contributed by atoms with E-state index in [9.17, 15) is 14.3 Å². The monoisotopic (exact) mass is 268 g/mol. The summed E-state index contributed by atoms with van der Waals surface area (Å²) in [5, 5.41) is 9.22. The molecule has 0 amide bonds. The maximum atomic E-state index is 12.9. The Labute approximate surface area is 113 Å². The molecule has 2 unspecified atom stereocenters. The lowest BCUT2D eigenvalue weighted by Gasteiger charge is -2.20. The number of rotatable bonds is 8. The Morgan fingerprint density at radius 1 is 1.37 bits per heavy atom. The van der Waals surface area contributed by atoms with Crippen LogP contribution in [0.1, 0.15) is 44.3 Å². The Morgan fingerprint density at radius 3 is 2.47 bits per heavy atom. The van der Waals surface area contributed by atoms with Crippen molar-refractivity contribution in [1.29, 1.82) is 0 Å². The van der Waals surface area contributed by atoms with Gasteiger partial charge in [0.1, 0.15) is 5.82 Å². The van der Waals surface area contributed by atoms with Gasteiger partial charge in [0.25, 0.3) is 0 Å². The summed E-state index contributed by atoms with van der Waals surface area (Å²) in [5.74, 6) is -1.52. The Kier molecular flexibility index (Phi) is 6.50. The van der Waals surface area contributed by atoms with Crippen LogP contribution >= 0.6 is 0 Å². The second-order valence-corrected chi connectivity index (χ2v) is 4.69. The van der Waals surface area contributed by atoms with E-state index in [-0.39, 0.29) is 11.9 Å². The molecule has 0 saturated heterocycles. The van der Waals surface area contributed by atoms with Gasteiger partial charge in [0, 0.05) is 7.11 Å². The number of carbonyl (C=O) groups is 1. The molecule has 0 aromatic heterocycles. The minimum atomic E-state index is -0.794. The molecule has 2 atom stereocenters. The van der Waals surface area contributed by atoms with Crippen molar-refractivity contribution in [3.63, 3.8) is 0 Å². The van der Waals surface area contributed by atoms with Gasteiger partial charge < -0.3 is 9.84 Å². The number of benzene rings is 1. The number of carboxylic acids is 1. The van der Waals surface area contributed by atoms with Crippen molar-refractivity contribution in [2.45, 2.75) is 38.7 Å². The smallest absolute Gasteiger partial charge is 0.306 e. The zero-order chi connectivity index (χ0) is 14.3. The summed E-state index contributed by atoms with van der Waals surface area (Å²) in [6.45, 7) is 2.03. The third-order valence-corrected chi connectivity index (χ3v) is 3.28. The molecule has 19 heavy (non-hydrogen) atoms. The maximum Gasteiger partial charge on any atom is 0.306 e. The lowest BCUT2D eigenvalue weighted by atomic mass is 9.92. The zero-order valence-electron chi connectivity index (χ0n) is 11.4. The summed E-state index contributed by atoms with van der Waals surface area (Å²) < 4.78 is 18.2. The van der Waals surface area contributed by atoms with Gasteiger partial charge in [-0.2, -0.15) is 0 Å². The molecule has 106 valence electrons. The van der Waals surface area contributed by atoms with Crippen LogP contribution in [-0.4, -0.2) is 18.2 Å². The Hall–Kier alpha value is -1.42. The SMILES string of the molecule is CCCCC(CC(OC)c1ccc(F)cc1)C(=O)O. The van der Waals surface area contributed by atoms with Crippen molar-refractivity contribution in [3.05, 3.63) is 35.6 Å². The van der Waals surface area contributed by atoms with Crippen molar-refractivity contribution in [3.8, 4) is 0 Å². The summed E-state index contributed by atoms with van der Waals surface area (Å²) in [6, 6.07) is 6.01. The fraction of sp³-hybridized carbons (Fsp3) is 0.533. The molecule has 0 aliphatic carbocycles. The van der Waals surface area contributed by atoms with Crippen LogP contribution in [0.3, 0.4) is 0 Å². The van der Waals surface area contributed by atoms with E-state index in [1.54, 1.807) is 19.2 Å². The van der Waals surface area contributed by atoms with E-state index in [0.29, 0.717) is 12.8 Å². The molecule has 1 aromatic rings. The van der Waals surface area contributed by atoms with Gasteiger partial charge in [0.15, 0.2) is 0 Å². The average molecular weight is 268 g/mol. The normalized spacial score (nSPS) is 14.1. The van der Waals surface area contributed by atoms with Gasteiger partial charge in [0.05, 0.1) is 12.0 Å². The molecule has 0 fully saturated rings. The van der Waals surface area contributed by atoms with Crippen molar-refractivity contribution in [1.82, 2.24) is 0 Å². The van der Waals surface area contributed by atoms with E-state index in [2.05, 4.69) is 0 Å². The van der Waals surface area contributed by atoms with Crippen LogP contribution in [0.25, 0.3) is 0 Å². The molecule has 1 aromatic carbocycles. The number of halogens is 1. The van der Waals surface area contributed by atoms with E-state index >= 15 is 0 Å². The molecule has 4 heteroatoms. The molecule has 0 aliphatic rings. The van der Waals surface area contributed by atoms with E-state index in [4.69, 9.17) is 4.74 Å². The molecule has 0 radical (unpaired) electrons. The third kappa shape index (κ3) is 4.99. The molecule has 1 rings (SSSR count). The van der Waals surface area contributed by atoms with Crippen molar-refractivity contribution >= 4 is 5.97 Å². The quantitative estimate of drug-likeness (QED) is 0.780. The maximum absolute atomic E-state index is 12.9. The van der Waals surface area contributed by atoms with Crippen LogP contribution in [0.4, 0.5) is 4.39 Å². The largest absolute Gasteiger partial charge is 0.481 e. The number of methoxy groups -OCH3 is 1. The first-order valence-electron chi connectivity index (χ1n) is 6.59. The van der Waals surface area contributed by atoms with E-state index in [1.807, 2.05) is 6.92 Å². The standard InChI is InChI=1S/C15H21FO3/c1-3-4-5-12(15(17)18)10-14(19-2)11-6-8-13(16)9-7-11/h6-9,12,14H,3-5,10H2,1-2H3,(H,17,18). The van der Waals surface area contributed by atoms with Gasteiger partial charge in [-0.15, -0.1) is 0 Å². The van der Waals surface area contributed by atoms with Crippen molar-refractivity contribution in [2.75, 3.05) is 7.11 Å². The van der Waals surface area contributed by atoms with Gasteiger partial charge in [-0.05, 0) is 30.5 Å². The lowest BCUT2D eigenvalue weighted by Crippen LogP contribution is -2.18. The highest BCUT2D eigenvalue weighted by molar-refractivity contribution is 5.70. The Morgan fingerprint density at radius 2 is 2.00 bits per heavy atom. The molecule has 0 aliphatic heterocycles. The van der Waals surface area contributed by atoms with Crippen LogP contribution in [-0.2, 0) is 9.53 Å². The highest BCUT2D eigenvalue weighted by Gasteiger charge is 2.23. The van der Waals surface area contributed by atoms with E-state index in [0.717, 1.165) is 18.4 Å². The predicted octanol–water partition coefficient (Wildman–Crippen LogP) is 3.79. The molecule has 0 heterocycles. The van der Waals surface area contributed by atoms with E-state index in [1.165, 1.54) is 12.1 Å². The summed E-state index contributed by atoms with van der Waals surface area (Å²) in [5.41, 5.74) is 0.812. The number of unbranched alkanes of at least 4 members (excludes halogenated alkanes) is 1. The van der Waals surface area contributed by atoms with Gasteiger partial charge in [-0.25, -0.2) is 4.39 Å². The average Bonchev–Trinajstić information content (AvgIpc) is 2.40. The second-order valence-electron chi connectivity index (χ2n) is 4.69. The van der Waals surface area contributed by atoms with Crippen molar-refractivity contribution < 1.29 is 19.0 Å². The number of hydrogen-bond donors (Lipinski definition) is 1. The minimum Gasteiger partial charge on any atom is -0.481 e. The molecule has 1 N–H and O–H groups in total. The van der Waals surface area contributed by atoms with Gasteiger partial charge in [0.2, 0.25) is 0 Å². The van der Waals surface area contributed by atoms with Gasteiger partial charge >= 0.3 is 5.97 Å². The fourth-order valence-electron chi connectivity index (χ4n) is 2.10. The second kappa shape index (κ2) is 7.89. The highest BCUT2D eigenvalue weighted by atomic mass is 19.1. The van der Waals surface area contributed by atoms with Crippen LogP contribution < -0.4 is 0 Å². The number of ether oxygens (including phenoxy) is 1. The summed E-state index contributed by atoms with van der Waals surface area (Å²) in [4.78, 5) is 11.2. The fourth-order valence-corrected chi connectivity index (χ4v) is 2.10. The third-order valence-electron chi connectivity index (χ3n) is 3.28. The summed E-state index contributed by atoms with van der Waals surface area (Å²) in [6.07, 6.45) is 2.61. The molecule has 0 bridgehead atoms. The first-order valence-corrected chi connectivity index (χ1v) is 6.59. The Balaban J connectivity index is 2.73. The summed E-state index contributed by atoms with van der Waals surface area (Å²) >= 11 is 0. The lowest BCUT2D eigenvalue weighted by molar-refractivity contribution is -0.143. The van der Waals surface area contributed by atoms with Crippen LogP contribution in [0, 0.1) is 11.7 Å². The molecular weight excluding hydrogens is 247 g/mol. The van der Waals surface area contributed by atoms with Crippen molar-refractivity contribution in [2.24, 2.45) is 5.92 Å². The Bertz CT molecular complexity index is 389. The predicted molar refractivity (Wildman–Crippen MR) is 71.4 cm³/mol. The summed E-state index contributed by atoms with van der Waals surface area (Å²) in [7, 11) is 1.55. The topological polar surface area (TPSA) is 46.5 Å². The van der Waals surface area contributed by atoms with Crippen LogP contribution in [0.2, 0.25) is 0 Å². The van der Waals surface area contributed by atoms with Crippen LogP contribution in [0.5, 0.6) is 0 Å². The number of carboxylic acid groups (broad SMARTS) is 1. The molecule has 3 nitrogen and oxygen atoms in total. The first-order chi connectivity index (χ1) is 9.08. The zero-order valence-corrected chi connectivity index (χ0v) is 11.4.